The van der Waals surface area contributed by atoms with Gasteiger partial charge >= 0.3 is 11.9 Å². The molecule has 0 aromatic rings. The van der Waals surface area contributed by atoms with Gasteiger partial charge in [0, 0.05) is 12.0 Å². The number of esters is 1. The van der Waals surface area contributed by atoms with Crippen molar-refractivity contribution in [2.75, 3.05) is 13.2 Å². The lowest BCUT2D eigenvalue weighted by Gasteiger charge is -2.73. The third kappa shape index (κ3) is 5.32. The molecule has 5 rings (SSSR count). The zero-order chi connectivity index (χ0) is 33.2. The first-order valence-corrected chi connectivity index (χ1v) is 18.0. The van der Waals surface area contributed by atoms with Gasteiger partial charge in [-0.1, -0.05) is 52.7 Å². The maximum atomic E-state index is 13.0. The van der Waals surface area contributed by atoms with E-state index in [1.165, 1.54) is 50.5 Å². The van der Waals surface area contributed by atoms with Crippen LogP contribution in [0.3, 0.4) is 0 Å². The van der Waals surface area contributed by atoms with Crippen LogP contribution < -0.4 is 0 Å². The van der Waals surface area contributed by atoms with E-state index in [2.05, 4.69) is 54.0 Å². The summed E-state index contributed by atoms with van der Waals surface area (Å²) >= 11 is 0. The van der Waals surface area contributed by atoms with Crippen LogP contribution in [0.15, 0.2) is 12.2 Å². The van der Waals surface area contributed by atoms with Crippen LogP contribution in [0.2, 0.25) is 0 Å². The Bertz CT molecular complexity index is 1230. The van der Waals surface area contributed by atoms with Gasteiger partial charge in [-0.3, -0.25) is 9.59 Å². The average molecular weight is 623 g/mol. The minimum absolute atomic E-state index is 0.0961. The van der Waals surface area contributed by atoms with Crippen molar-refractivity contribution in [2.24, 2.45) is 62.1 Å². The van der Waals surface area contributed by atoms with E-state index in [1.54, 1.807) is 13.8 Å². The number of carbonyl (C=O) groups excluding carboxylic acids is 1. The Morgan fingerprint density at radius 3 is 2.29 bits per heavy atom. The van der Waals surface area contributed by atoms with Crippen LogP contribution in [0, 0.1) is 74.4 Å². The van der Waals surface area contributed by atoms with Gasteiger partial charge in [0.05, 0.1) is 11.8 Å². The SMILES string of the molecule is C#CCOCC[C@]12CC[C@@H](C(=C)C)[C@@H]1[C@H]1CC[C@@H]3[C@@]4(C)CC[C@H](OC(=O)CC(C)(C)C(=O)O)C(C)(C)[C@@H]4CC[C@@]3(C)[C@]1(C)CC2. The van der Waals surface area contributed by atoms with Gasteiger partial charge in [-0.2, -0.15) is 0 Å². The van der Waals surface area contributed by atoms with E-state index < -0.39 is 11.4 Å². The maximum Gasteiger partial charge on any atom is 0.309 e. The Labute approximate surface area is 274 Å². The highest BCUT2D eigenvalue weighted by Gasteiger charge is 2.71. The van der Waals surface area contributed by atoms with Gasteiger partial charge in [0.15, 0.2) is 0 Å². The monoisotopic (exact) mass is 622 g/mol. The minimum atomic E-state index is -1.13. The summed E-state index contributed by atoms with van der Waals surface area (Å²) in [5, 5.41) is 9.56. The highest BCUT2D eigenvalue weighted by Crippen LogP contribution is 2.78. The van der Waals surface area contributed by atoms with E-state index in [-0.39, 0.29) is 40.2 Å². The second-order valence-corrected chi connectivity index (χ2v) is 18.3. The normalized spacial score (nSPS) is 43.5. The zero-order valence-corrected chi connectivity index (χ0v) is 29.7. The van der Waals surface area contributed by atoms with Crippen molar-refractivity contribution in [3.8, 4) is 12.3 Å². The molecule has 5 aliphatic rings. The van der Waals surface area contributed by atoms with Gasteiger partial charge in [0.1, 0.15) is 12.7 Å². The number of hydrogen-bond donors (Lipinski definition) is 1. The third-order valence-electron chi connectivity index (χ3n) is 15.5. The largest absolute Gasteiger partial charge is 0.481 e. The fraction of sp³-hybridized carbons (Fsp3) is 0.850. The molecule has 10 atom stereocenters. The number of hydrogen-bond acceptors (Lipinski definition) is 4. The lowest BCUT2D eigenvalue weighted by Crippen LogP contribution is -2.66. The highest BCUT2D eigenvalue weighted by atomic mass is 16.5. The number of rotatable bonds is 9. The second kappa shape index (κ2) is 11.7. The molecule has 0 unspecified atom stereocenters. The minimum Gasteiger partial charge on any atom is -0.481 e. The van der Waals surface area contributed by atoms with Crippen molar-refractivity contribution in [2.45, 2.75) is 139 Å². The number of terminal acetylenes is 1. The molecule has 5 fully saturated rings. The van der Waals surface area contributed by atoms with E-state index in [0.29, 0.717) is 41.6 Å². The molecule has 0 aromatic heterocycles. The lowest BCUT2D eigenvalue weighted by molar-refractivity contribution is -0.251. The number of aliphatic carboxylic acids is 1. The van der Waals surface area contributed by atoms with E-state index >= 15 is 0 Å². The molecular formula is C40H62O5. The molecular weight excluding hydrogens is 560 g/mol. The highest BCUT2D eigenvalue weighted by molar-refractivity contribution is 5.81. The van der Waals surface area contributed by atoms with Crippen LogP contribution in [0.25, 0.3) is 0 Å². The average Bonchev–Trinajstić information content (AvgIpc) is 3.33. The third-order valence-corrected chi connectivity index (χ3v) is 15.5. The van der Waals surface area contributed by atoms with Gasteiger partial charge in [-0.25, -0.2) is 0 Å². The topological polar surface area (TPSA) is 72.8 Å². The molecule has 5 nitrogen and oxygen atoms in total. The first-order chi connectivity index (χ1) is 20.9. The maximum absolute atomic E-state index is 13.0. The van der Waals surface area contributed by atoms with E-state index in [0.717, 1.165) is 32.3 Å². The quantitative estimate of drug-likeness (QED) is 0.120. The van der Waals surface area contributed by atoms with Crippen molar-refractivity contribution in [3.05, 3.63) is 12.2 Å². The van der Waals surface area contributed by atoms with Gasteiger partial charge in [-0.05, 0) is 143 Å². The van der Waals surface area contributed by atoms with Crippen molar-refractivity contribution >= 4 is 11.9 Å². The Balaban J connectivity index is 1.39. The fourth-order valence-electron chi connectivity index (χ4n) is 12.9. The molecule has 1 N–H and O–H groups in total. The molecule has 0 radical (unpaired) electrons. The molecule has 0 aromatic carbocycles. The Kier molecular flexibility index (Phi) is 8.99. The number of allylic oxidation sites excluding steroid dienone is 1. The smallest absolute Gasteiger partial charge is 0.309 e. The standard InChI is InChI=1S/C40H62O5/c1-11-23-44-24-22-40-19-14-27(26(2)3)33(40)28-12-13-30-37(8)17-16-31(45-32(41)25-35(4,5)34(42)43)36(6,7)29(37)15-18-39(30,10)38(28,9)20-21-40/h1,27-31,33H,2,12-25H2,3-10H3,(H,42,43)/t27-,28+,29-,30+,31-,33+,37-,38+,39+,40+/m0/s1. The predicted octanol–water partition coefficient (Wildman–Crippen LogP) is 9.10. The summed E-state index contributed by atoms with van der Waals surface area (Å²) in [5.74, 6) is 4.39. The van der Waals surface area contributed by atoms with Gasteiger partial charge in [0.2, 0.25) is 0 Å². The summed E-state index contributed by atoms with van der Waals surface area (Å²) in [6.45, 7) is 23.8. The number of carbonyl (C=O) groups is 2. The molecule has 0 aliphatic heterocycles. The summed E-state index contributed by atoms with van der Waals surface area (Å²) in [6, 6.07) is 0. The molecule has 5 saturated carbocycles. The second-order valence-electron chi connectivity index (χ2n) is 18.3. The van der Waals surface area contributed by atoms with Gasteiger partial charge < -0.3 is 14.6 Å². The zero-order valence-electron chi connectivity index (χ0n) is 29.7. The molecule has 252 valence electrons. The van der Waals surface area contributed by atoms with Crippen LogP contribution >= 0.6 is 0 Å². The molecule has 45 heavy (non-hydrogen) atoms. The van der Waals surface area contributed by atoms with Crippen molar-refractivity contribution < 1.29 is 24.2 Å². The summed E-state index contributed by atoms with van der Waals surface area (Å²) < 4.78 is 12.1. The lowest BCUT2D eigenvalue weighted by atomic mass is 9.32. The van der Waals surface area contributed by atoms with Crippen LogP contribution in [0.5, 0.6) is 0 Å². The molecule has 0 heterocycles. The Hall–Kier alpha value is -1.80. The molecule has 0 spiro atoms. The molecule has 0 saturated heterocycles. The van der Waals surface area contributed by atoms with Crippen molar-refractivity contribution in [1.82, 2.24) is 0 Å². The number of carboxylic acids is 1. The number of ether oxygens (including phenoxy) is 2. The first-order valence-electron chi connectivity index (χ1n) is 18.0. The molecule has 0 bridgehead atoms. The number of fused-ring (bicyclic) bond motifs is 7. The van der Waals surface area contributed by atoms with E-state index in [9.17, 15) is 14.7 Å². The molecule has 5 aliphatic carbocycles. The van der Waals surface area contributed by atoms with Crippen LogP contribution in [0.4, 0.5) is 0 Å². The van der Waals surface area contributed by atoms with Gasteiger partial charge in [-0.15, -0.1) is 6.42 Å². The first kappa shape index (κ1) is 34.5. The summed E-state index contributed by atoms with van der Waals surface area (Å²) in [5.41, 5.74) is 1.17. The number of carboxylic acid groups (broad SMARTS) is 1. The van der Waals surface area contributed by atoms with Crippen LogP contribution in [-0.2, 0) is 19.1 Å². The molecule has 5 heteroatoms. The van der Waals surface area contributed by atoms with E-state index in [1.807, 2.05) is 0 Å². The van der Waals surface area contributed by atoms with E-state index in [4.69, 9.17) is 15.9 Å². The van der Waals surface area contributed by atoms with Gasteiger partial charge in [0.25, 0.3) is 0 Å². The predicted molar refractivity (Wildman–Crippen MR) is 179 cm³/mol. The Morgan fingerprint density at radius 2 is 1.64 bits per heavy atom. The Morgan fingerprint density at radius 1 is 0.933 bits per heavy atom. The summed E-state index contributed by atoms with van der Waals surface area (Å²) in [6.07, 6.45) is 18.4. The van der Waals surface area contributed by atoms with Crippen LogP contribution in [-0.4, -0.2) is 36.4 Å². The van der Waals surface area contributed by atoms with Crippen molar-refractivity contribution in [3.63, 3.8) is 0 Å². The van der Waals surface area contributed by atoms with Crippen LogP contribution in [0.1, 0.15) is 132 Å². The fourth-order valence-corrected chi connectivity index (χ4v) is 12.9. The summed E-state index contributed by atoms with van der Waals surface area (Å²) in [4.78, 5) is 24.7. The summed E-state index contributed by atoms with van der Waals surface area (Å²) in [7, 11) is 0. The molecule has 0 amide bonds. The van der Waals surface area contributed by atoms with Crippen molar-refractivity contribution in [1.29, 1.82) is 0 Å².